The van der Waals surface area contributed by atoms with E-state index in [4.69, 9.17) is 0 Å². The minimum atomic E-state index is -4.38. The number of halogens is 3. The zero-order valence-electron chi connectivity index (χ0n) is 7.38. The van der Waals surface area contributed by atoms with Crippen LogP contribution in [0.5, 0.6) is 0 Å². The maximum absolute atomic E-state index is 12.1. The van der Waals surface area contributed by atoms with Gasteiger partial charge in [0.1, 0.15) is 0 Å². The van der Waals surface area contributed by atoms with Crippen molar-refractivity contribution in [3.05, 3.63) is 40.6 Å². The minimum Gasteiger partial charge on any atom is -0.792 e. The van der Waals surface area contributed by atoms with Crippen molar-refractivity contribution in [2.45, 2.75) is 6.18 Å². The first-order chi connectivity index (χ1) is 6.04. The van der Waals surface area contributed by atoms with Gasteiger partial charge in [-0.3, -0.25) is 0 Å². The van der Waals surface area contributed by atoms with Gasteiger partial charge in [0.05, 0.1) is 5.56 Å². The molecule has 70 valence electrons. The third-order valence-corrected chi connectivity index (χ3v) is 1.42. The fraction of sp³-hybridized carbons (Fsp3) is 0.125. The second-order valence-electron chi connectivity index (χ2n) is 2.36. The van der Waals surface area contributed by atoms with Crippen molar-refractivity contribution in [1.29, 1.82) is 0 Å². The smallest absolute Gasteiger partial charge is 0.792 e. The third-order valence-electron chi connectivity index (χ3n) is 1.42. The standard InChI is InChI=1S/C8H6F3NO.Na/c9-8(10,11)7-3-1-2-6(4-7)5-12-13;/h1-5,13H;/q;+1/p-1/b12-5+;. The number of hydrogen-bond acceptors (Lipinski definition) is 2. The van der Waals surface area contributed by atoms with Gasteiger partial charge in [0, 0.05) is 6.21 Å². The molecule has 0 bridgehead atoms. The molecule has 2 nitrogen and oxygen atoms in total. The summed E-state index contributed by atoms with van der Waals surface area (Å²) in [7, 11) is 0. The van der Waals surface area contributed by atoms with E-state index in [9.17, 15) is 18.4 Å². The summed E-state index contributed by atoms with van der Waals surface area (Å²) in [5.74, 6) is 0. The van der Waals surface area contributed by atoms with Crippen LogP contribution in [0.3, 0.4) is 0 Å². The fourth-order valence-corrected chi connectivity index (χ4v) is 0.856. The Labute approximate surface area is 101 Å². The van der Waals surface area contributed by atoms with Crippen LogP contribution in [0.2, 0.25) is 0 Å². The van der Waals surface area contributed by atoms with Crippen LogP contribution in [0.1, 0.15) is 11.1 Å². The van der Waals surface area contributed by atoms with Crippen LogP contribution in [0.25, 0.3) is 0 Å². The topological polar surface area (TPSA) is 35.4 Å². The molecule has 0 radical (unpaired) electrons. The van der Waals surface area contributed by atoms with Crippen molar-refractivity contribution in [2.24, 2.45) is 5.16 Å². The maximum Gasteiger partial charge on any atom is 1.00 e. The minimum absolute atomic E-state index is 0. The van der Waals surface area contributed by atoms with Gasteiger partial charge in [-0.15, -0.1) is 0 Å². The zero-order valence-corrected chi connectivity index (χ0v) is 9.38. The first-order valence-electron chi connectivity index (χ1n) is 3.37. The third kappa shape index (κ3) is 3.69. The largest absolute Gasteiger partial charge is 1.00 e. The van der Waals surface area contributed by atoms with E-state index < -0.39 is 11.7 Å². The Bertz CT molecular complexity index is 325. The molecule has 6 heteroatoms. The Morgan fingerprint density at radius 2 is 1.93 bits per heavy atom. The first-order valence-corrected chi connectivity index (χ1v) is 3.37. The second-order valence-corrected chi connectivity index (χ2v) is 2.36. The molecule has 1 rings (SSSR count). The molecule has 0 heterocycles. The van der Waals surface area contributed by atoms with E-state index in [0.717, 1.165) is 18.3 Å². The first kappa shape index (κ1) is 13.5. The molecule has 0 N–H and O–H groups in total. The van der Waals surface area contributed by atoms with E-state index in [-0.39, 0.29) is 35.1 Å². The van der Waals surface area contributed by atoms with E-state index in [1.165, 1.54) is 12.1 Å². The van der Waals surface area contributed by atoms with Gasteiger partial charge in [0.2, 0.25) is 0 Å². The average molecular weight is 211 g/mol. The van der Waals surface area contributed by atoms with Gasteiger partial charge < -0.3 is 10.4 Å². The second kappa shape index (κ2) is 5.38. The molecular weight excluding hydrogens is 206 g/mol. The Morgan fingerprint density at radius 3 is 2.43 bits per heavy atom. The predicted octanol–water partition coefficient (Wildman–Crippen LogP) is -0.374. The van der Waals surface area contributed by atoms with Crippen molar-refractivity contribution in [3.63, 3.8) is 0 Å². The zero-order chi connectivity index (χ0) is 9.90. The van der Waals surface area contributed by atoms with E-state index in [0.29, 0.717) is 0 Å². The van der Waals surface area contributed by atoms with Crippen LogP contribution >= 0.6 is 0 Å². The van der Waals surface area contributed by atoms with Crippen molar-refractivity contribution in [1.82, 2.24) is 0 Å². The summed E-state index contributed by atoms with van der Waals surface area (Å²) in [4.78, 5) is 0. The summed E-state index contributed by atoms with van der Waals surface area (Å²) in [5, 5.41) is 12.1. The van der Waals surface area contributed by atoms with E-state index in [2.05, 4.69) is 5.16 Å². The molecule has 14 heavy (non-hydrogen) atoms. The molecular formula is C8H5F3NNaO. The van der Waals surface area contributed by atoms with Crippen LogP contribution in [0.4, 0.5) is 13.2 Å². The molecule has 0 aliphatic carbocycles. The fourth-order valence-electron chi connectivity index (χ4n) is 0.856. The number of nitrogens with zero attached hydrogens (tertiary/aromatic N) is 1. The van der Waals surface area contributed by atoms with Crippen LogP contribution in [0.15, 0.2) is 29.4 Å². The average Bonchev–Trinajstić information content (AvgIpc) is 2.04. The van der Waals surface area contributed by atoms with Gasteiger partial charge in [-0.05, 0) is 17.7 Å². The molecule has 0 unspecified atom stereocenters. The van der Waals surface area contributed by atoms with Gasteiger partial charge in [0.15, 0.2) is 0 Å². The summed E-state index contributed by atoms with van der Waals surface area (Å²) in [6.45, 7) is 0. The van der Waals surface area contributed by atoms with E-state index in [1.54, 1.807) is 0 Å². The van der Waals surface area contributed by atoms with Gasteiger partial charge in [-0.1, -0.05) is 12.1 Å². The summed E-state index contributed by atoms with van der Waals surface area (Å²) in [6.07, 6.45) is -3.55. The van der Waals surface area contributed by atoms with Crippen LogP contribution < -0.4 is 29.6 Å². The molecule has 1 aromatic carbocycles. The summed E-state index contributed by atoms with van der Waals surface area (Å²) < 4.78 is 36.3. The number of rotatable bonds is 1. The predicted molar refractivity (Wildman–Crippen MR) is 42.4 cm³/mol. The Morgan fingerprint density at radius 1 is 1.29 bits per heavy atom. The number of hydrogen-bond donors (Lipinski definition) is 0. The Balaban J connectivity index is 0.00000169. The number of alkyl halides is 3. The van der Waals surface area contributed by atoms with Crippen molar-refractivity contribution in [2.75, 3.05) is 0 Å². The molecule has 0 fully saturated rings. The van der Waals surface area contributed by atoms with Crippen molar-refractivity contribution >= 4 is 6.21 Å². The van der Waals surface area contributed by atoms with Gasteiger partial charge in [0.25, 0.3) is 0 Å². The van der Waals surface area contributed by atoms with Crippen molar-refractivity contribution in [3.8, 4) is 0 Å². The van der Waals surface area contributed by atoms with Crippen LogP contribution in [-0.2, 0) is 6.18 Å². The van der Waals surface area contributed by atoms with Crippen LogP contribution in [0, 0.1) is 5.21 Å². The Kier molecular flexibility index (Phi) is 5.18. The summed E-state index contributed by atoms with van der Waals surface area (Å²) >= 11 is 0. The summed E-state index contributed by atoms with van der Waals surface area (Å²) in [5.41, 5.74) is -0.644. The molecule has 0 amide bonds. The molecule has 0 atom stereocenters. The van der Waals surface area contributed by atoms with Gasteiger partial charge in [-0.25, -0.2) is 0 Å². The normalized spacial score (nSPS) is 11.4. The molecule has 0 spiro atoms. The maximum atomic E-state index is 12.1. The van der Waals surface area contributed by atoms with Gasteiger partial charge >= 0.3 is 35.7 Å². The van der Waals surface area contributed by atoms with E-state index in [1.807, 2.05) is 0 Å². The SMILES string of the molecule is [Na+].[O-]/N=C/c1cccc(C(F)(F)F)c1. The molecule has 0 saturated carbocycles. The van der Waals surface area contributed by atoms with E-state index >= 15 is 0 Å². The quantitative estimate of drug-likeness (QED) is 0.354. The van der Waals surface area contributed by atoms with Crippen LogP contribution in [-0.4, -0.2) is 6.21 Å². The van der Waals surface area contributed by atoms with Crippen molar-refractivity contribution < 1.29 is 42.7 Å². The monoisotopic (exact) mass is 211 g/mol. The molecule has 1 aromatic rings. The molecule has 0 aromatic heterocycles. The Hall–Kier alpha value is -0.520. The number of benzene rings is 1. The van der Waals surface area contributed by atoms with Gasteiger partial charge in [-0.2, -0.15) is 13.2 Å². The molecule has 0 aliphatic heterocycles. The summed E-state index contributed by atoms with van der Waals surface area (Å²) in [6, 6.07) is 4.39. The molecule has 0 aliphatic rings. The molecule has 0 saturated heterocycles.